The Morgan fingerprint density at radius 3 is 2.75 bits per heavy atom. The lowest BCUT2D eigenvalue weighted by molar-refractivity contribution is -0.385. The monoisotopic (exact) mass is 224 g/mol. The average molecular weight is 224 g/mol. The number of ether oxygens (including phenoxy) is 1. The van der Waals surface area contributed by atoms with Gasteiger partial charge in [-0.15, -0.1) is 0 Å². The van der Waals surface area contributed by atoms with Crippen molar-refractivity contribution in [2.75, 3.05) is 13.2 Å². The molecule has 0 fully saturated rings. The highest BCUT2D eigenvalue weighted by atomic mass is 16.6. The van der Waals surface area contributed by atoms with Crippen LogP contribution in [0.5, 0.6) is 5.75 Å². The Bertz CT molecular complexity index is 417. The van der Waals surface area contributed by atoms with E-state index in [1.807, 2.05) is 0 Å². The molecule has 0 aromatic heterocycles. The largest absolute Gasteiger partial charge is 0.487 e. The lowest BCUT2D eigenvalue weighted by Crippen LogP contribution is -2.15. The number of nitro groups is 1. The van der Waals surface area contributed by atoms with Crippen LogP contribution in [0.2, 0.25) is 0 Å². The van der Waals surface area contributed by atoms with Crippen LogP contribution in [-0.2, 0) is 0 Å². The number of nitro benzene ring substituents is 1. The van der Waals surface area contributed by atoms with E-state index in [1.54, 1.807) is 6.92 Å². The summed E-state index contributed by atoms with van der Waals surface area (Å²) in [4.78, 5) is 21.6. The highest BCUT2D eigenvalue weighted by Gasteiger charge is 2.21. The van der Waals surface area contributed by atoms with E-state index in [0.29, 0.717) is 0 Å². The Labute approximate surface area is 92.2 Å². The number of para-hydroxylation sites is 1. The fourth-order valence-corrected chi connectivity index (χ4v) is 1.29. The van der Waals surface area contributed by atoms with Gasteiger partial charge in [-0.25, -0.2) is 0 Å². The summed E-state index contributed by atoms with van der Waals surface area (Å²) in [5.74, 6) is -0.391. The number of carbonyl (C=O) groups is 1. The number of hydrogen-bond acceptors (Lipinski definition) is 5. The molecular formula is C10H12N2O4. The van der Waals surface area contributed by atoms with Gasteiger partial charge < -0.3 is 10.5 Å². The molecule has 0 atom stereocenters. The Morgan fingerprint density at radius 2 is 2.25 bits per heavy atom. The fraction of sp³-hybridized carbons (Fsp3) is 0.300. The maximum atomic E-state index is 11.5. The first-order chi connectivity index (χ1) is 7.61. The van der Waals surface area contributed by atoms with Crippen molar-refractivity contribution in [1.29, 1.82) is 0 Å². The number of carbonyl (C=O) groups excluding carboxylic acids is 1. The van der Waals surface area contributed by atoms with Crippen LogP contribution in [0, 0.1) is 10.1 Å². The van der Waals surface area contributed by atoms with Gasteiger partial charge in [-0.05, 0) is 13.0 Å². The standard InChI is InChI=1S/C10H12N2O4/c1-2-16-10-7(9(13)6-11)4-3-5-8(10)12(14)15/h3-5H,2,6,11H2,1H3. The minimum Gasteiger partial charge on any atom is -0.487 e. The zero-order valence-electron chi connectivity index (χ0n) is 8.80. The van der Waals surface area contributed by atoms with Gasteiger partial charge in [0, 0.05) is 6.07 Å². The topological polar surface area (TPSA) is 95.5 Å². The molecule has 0 spiro atoms. The minimum absolute atomic E-state index is 0.00884. The molecule has 0 saturated carbocycles. The van der Waals surface area contributed by atoms with Crippen LogP contribution in [0.3, 0.4) is 0 Å². The molecule has 1 aromatic carbocycles. The summed E-state index contributed by atoms with van der Waals surface area (Å²) in [5.41, 5.74) is 5.15. The molecule has 6 heteroatoms. The number of benzene rings is 1. The van der Waals surface area contributed by atoms with Gasteiger partial charge in [0.1, 0.15) is 0 Å². The number of ketones is 1. The molecule has 0 radical (unpaired) electrons. The summed E-state index contributed by atoms with van der Waals surface area (Å²) in [6.45, 7) is 1.73. The lowest BCUT2D eigenvalue weighted by atomic mass is 10.1. The molecule has 0 aliphatic carbocycles. The summed E-state index contributed by atoms with van der Waals surface area (Å²) >= 11 is 0. The van der Waals surface area contributed by atoms with Crippen molar-refractivity contribution in [3.8, 4) is 5.75 Å². The summed E-state index contributed by atoms with van der Waals surface area (Å²) in [6.07, 6.45) is 0. The van der Waals surface area contributed by atoms with Gasteiger partial charge in [0.15, 0.2) is 5.78 Å². The van der Waals surface area contributed by atoms with E-state index in [9.17, 15) is 14.9 Å². The molecule has 1 rings (SSSR count). The molecule has 0 aliphatic rings. The third-order valence-electron chi connectivity index (χ3n) is 1.97. The Hall–Kier alpha value is -1.95. The van der Waals surface area contributed by atoms with Crippen molar-refractivity contribution in [2.24, 2.45) is 5.73 Å². The van der Waals surface area contributed by atoms with Crippen molar-refractivity contribution in [2.45, 2.75) is 6.92 Å². The average Bonchev–Trinajstić information content (AvgIpc) is 2.28. The Balaban J connectivity index is 3.32. The van der Waals surface area contributed by atoms with Gasteiger partial charge in [0.25, 0.3) is 0 Å². The van der Waals surface area contributed by atoms with Crippen molar-refractivity contribution < 1.29 is 14.5 Å². The van der Waals surface area contributed by atoms with Crippen LogP contribution < -0.4 is 10.5 Å². The second-order valence-electron chi connectivity index (χ2n) is 2.97. The van der Waals surface area contributed by atoms with E-state index < -0.39 is 4.92 Å². The van der Waals surface area contributed by atoms with Crippen LogP contribution in [-0.4, -0.2) is 23.9 Å². The van der Waals surface area contributed by atoms with Crippen LogP contribution in [0.25, 0.3) is 0 Å². The number of nitrogens with two attached hydrogens (primary N) is 1. The Morgan fingerprint density at radius 1 is 1.56 bits per heavy atom. The van der Waals surface area contributed by atoms with Gasteiger partial charge in [-0.3, -0.25) is 14.9 Å². The summed E-state index contributed by atoms with van der Waals surface area (Å²) < 4.78 is 5.13. The number of rotatable bonds is 5. The van der Waals surface area contributed by atoms with E-state index in [2.05, 4.69) is 0 Å². The smallest absolute Gasteiger partial charge is 0.311 e. The second-order valence-corrected chi connectivity index (χ2v) is 2.97. The van der Waals surface area contributed by atoms with Gasteiger partial charge in [0.05, 0.1) is 23.6 Å². The molecular weight excluding hydrogens is 212 g/mol. The molecule has 1 aromatic rings. The lowest BCUT2D eigenvalue weighted by Gasteiger charge is -2.08. The van der Waals surface area contributed by atoms with Gasteiger partial charge in [0.2, 0.25) is 5.75 Å². The van der Waals surface area contributed by atoms with Gasteiger partial charge in [-0.1, -0.05) is 6.07 Å². The van der Waals surface area contributed by atoms with Gasteiger partial charge in [-0.2, -0.15) is 0 Å². The van der Waals surface area contributed by atoms with Crippen molar-refractivity contribution in [1.82, 2.24) is 0 Å². The molecule has 16 heavy (non-hydrogen) atoms. The SMILES string of the molecule is CCOc1c(C(=O)CN)cccc1[N+](=O)[O-]. The first-order valence-electron chi connectivity index (χ1n) is 4.75. The quantitative estimate of drug-likeness (QED) is 0.459. The summed E-state index contributed by atoms with van der Waals surface area (Å²) in [6, 6.07) is 4.19. The predicted molar refractivity (Wildman–Crippen MR) is 57.7 cm³/mol. The molecule has 0 heterocycles. The van der Waals surface area contributed by atoms with Crippen molar-refractivity contribution in [3.05, 3.63) is 33.9 Å². The Kier molecular flexibility index (Phi) is 3.96. The highest BCUT2D eigenvalue weighted by Crippen LogP contribution is 2.30. The highest BCUT2D eigenvalue weighted by molar-refractivity contribution is 6.01. The molecule has 0 aliphatic heterocycles. The number of Topliss-reactive ketones (excluding diaryl/α,β-unsaturated/α-hetero) is 1. The molecule has 0 bridgehead atoms. The molecule has 86 valence electrons. The normalized spacial score (nSPS) is 9.88. The second kappa shape index (κ2) is 5.22. The summed E-state index contributed by atoms with van der Waals surface area (Å²) in [7, 11) is 0. The van der Waals surface area contributed by atoms with E-state index >= 15 is 0 Å². The molecule has 6 nitrogen and oxygen atoms in total. The maximum absolute atomic E-state index is 11.5. The predicted octanol–water partition coefficient (Wildman–Crippen LogP) is 1.13. The molecule has 2 N–H and O–H groups in total. The molecule has 0 amide bonds. The van der Waals surface area contributed by atoms with Crippen LogP contribution in [0.15, 0.2) is 18.2 Å². The first-order valence-corrected chi connectivity index (χ1v) is 4.75. The van der Waals surface area contributed by atoms with Crippen LogP contribution >= 0.6 is 0 Å². The zero-order valence-corrected chi connectivity index (χ0v) is 8.80. The zero-order chi connectivity index (χ0) is 12.1. The molecule has 0 saturated heterocycles. The van der Waals surface area contributed by atoms with E-state index in [-0.39, 0.29) is 35.9 Å². The van der Waals surface area contributed by atoms with E-state index in [1.165, 1.54) is 18.2 Å². The fourth-order valence-electron chi connectivity index (χ4n) is 1.29. The van der Waals surface area contributed by atoms with E-state index in [0.717, 1.165) is 0 Å². The van der Waals surface area contributed by atoms with Crippen molar-refractivity contribution >= 4 is 11.5 Å². The van der Waals surface area contributed by atoms with Crippen molar-refractivity contribution in [3.63, 3.8) is 0 Å². The number of nitrogens with zero attached hydrogens (tertiary/aromatic N) is 1. The molecule has 0 unspecified atom stereocenters. The third-order valence-corrected chi connectivity index (χ3v) is 1.97. The van der Waals surface area contributed by atoms with E-state index in [4.69, 9.17) is 10.5 Å². The maximum Gasteiger partial charge on any atom is 0.311 e. The van der Waals surface area contributed by atoms with Crippen LogP contribution in [0.4, 0.5) is 5.69 Å². The van der Waals surface area contributed by atoms with Crippen LogP contribution in [0.1, 0.15) is 17.3 Å². The minimum atomic E-state index is -0.585. The first kappa shape index (κ1) is 12.1. The summed E-state index contributed by atoms with van der Waals surface area (Å²) in [5, 5.41) is 10.7. The third kappa shape index (κ3) is 2.34. The van der Waals surface area contributed by atoms with Gasteiger partial charge >= 0.3 is 5.69 Å². The number of hydrogen-bond donors (Lipinski definition) is 1.